The maximum absolute atomic E-state index is 11.7. The normalized spacial score (nSPS) is 9.95. The second-order valence-corrected chi connectivity index (χ2v) is 4.49. The number of carbonyl (C=O) groups is 2. The van der Waals surface area contributed by atoms with Crippen molar-refractivity contribution in [3.05, 3.63) is 65.2 Å². The van der Waals surface area contributed by atoms with Gasteiger partial charge in [-0.05, 0) is 24.1 Å². The van der Waals surface area contributed by atoms with Gasteiger partial charge in [-0.15, -0.1) is 0 Å². The number of carboxylic acid groups (broad SMARTS) is 1. The minimum atomic E-state index is -1.09. The second kappa shape index (κ2) is 6.56. The molecule has 0 aliphatic heterocycles. The van der Waals surface area contributed by atoms with Gasteiger partial charge in [-0.3, -0.25) is 5.32 Å². The zero-order valence-electron chi connectivity index (χ0n) is 11.5. The van der Waals surface area contributed by atoms with E-state index >= 15 is 0 Å². The van der Waals surface area contributed by atoms with Crippen LogP contribution >= 0.6 is 0 Å². The third kappa shape index (κ3) is 3.82. The molecule has 0 aliphatic rings. The van der Waals surface area contributed by atoms with Gasteiger partial charge in [0.15, 0.2) is 0 Å². The molecular weight excluding hydrogens is 270 g/mol. The molecule has 0 atom stereocenters. The Kier molecular flexibility index (Phi) is 4.56. The molecule has 1 amide bonds. The Labute approximate surface area is 122 Å². The Morgan fingerprint density at radius 3 is 2.48 bits per heavy atom. The molecule has 0 saturated heterocycles. The third-order valence-electron chi connectivity index (χ3n) is 2.94. The van der Waals surface area contributed by atoms with E-state index in [4.69, 9.17) is 4.74 Å². The van der Waals surface area contributed by atoms with E-state index in [-0.39, 0.29) is 17.9 Å². The quantitative estimate of drug-likeness (QED) is 0.902. The molecule has 0 aliphatic carbocycles. The molecule has 0 unspecified atom stereocenters. The molecule has 0 saturated carbocycles. The van der Waals surface area contributed by atoms with Gasteiger partial charge >= 0.3 is 12.1 Å². The smallest absolute Gasteiger partial charge is 0.411 e. The van der Waals surface area contributed by atoms with E-state index in [1.807, 2.05) is 30.3 Å². The van der Waals surface area contributed by atoms with Crippen molar-refractivity contribution in [3.8, 4) is 0 Å². The number of hydrogen-bond donors (Lipinski definition) is 2. The highest BCUT2D eigenvalue weighted by Gasteiger charge is 2.15. The number of ether oxygens (including phenoxy) is 1. The zero-order valence-corrected chi connectivity index (χ0v) is 11.5. The highest BCUT2D eigenvalue weighted by molar-refractivity contribution is 5.99. The maximum atomic E-state index is 11.7. The summed E-state index contributed by atoms with van der Waals surface area (Å²) in [5, 5.41) is 11.6. The van der Waals surface area contributed by atoms with Crippen LogP contribution in [0.3, 0.4) is 0 Å². The van der Waals surface area contributed by atoms with Gasteiger partial charge in [0.25, 0.3) is 0 Å². The molecule has 0 bridgehead atoms. The van der Waals surface area contributed by atoms with Crippen LogP contribution in [-0.4, -0.2) is 17.2 Å². The minimum Gasteiger partial charge on any atom is -0.478 e. The highest BCUT2D eigenvalue weighted by atomic mass is 16.5. The largest absolute Gasteiger partial charge is 0.478 e. The minimum absolute atomic E-state index is 0.0640. The summed E-state index contributed by atoms with van der Waals surface area (Å²) in [5.41, 5.74) is 1.72. The molecule has 2 aromatic rings. The van der Waals surface area contributed by atoms with Crippen LogP contribution in [-0.2, 0) is 11.3 Å². The summed E-state index contributed by atoms with van der Waals surface area (Å²) < 4.78 is 5.06. The van der Waals surface area contributed by atoms with E-state index in [0.29, 0.717) is 5.56 Å². The number of anilines is 1. The summed E-state index contributed by atoms with van der Waals surface area (Å²) >= 11 is 0. The Balaban J connectivity index is 2.03. The number of amides is 1. The average molecular weight is 285 g/mol. The Bertz CT molecular complexity index is 653. The van der Waals surface area contributed by atoms with E-state index in [0.717, 1.165) is 5.56 Å². The molecule has 0 aromatic heterocycles. The highest BCUT2D eigenvalue weighted by Crippen LogP contribution is 2.19. The van der Waals surface area contributed by atoms with Gasteiger partial charge in [0.2, 0.25) is 0 Å². The van der Waals surface area contributed by atoms with Crippen LogP contribution in [0.5, 0.6) is 0 Å². The number of hydrogen-bond acceptors (Lipinski definition) is 3. The number of aryl methyl sites for hydroxylation is 1. The predicted molar refractivity (Wildman–Crippen MR) is 78.4 cm³/mol. The summed E-state index contributed by atoms with van der Waals surface area (Å²) in [4.78, 5) is 23.0. The van der Waals surface area contributed by atoms with Gasteiger partial charge in [-0.1, -0.05) is 42.5 Å². The summed E-state index contributed by atoms with van der Waals surface area (Å²) in [6.07, 6.45) is -0.688. The van der Waals surface area contributed by atoms with E-state index < -0.39 is 12.1 Å². The van der Waals surface area contributed by atoms with Crippen molar-refractivity contribution in [3.63, 3.8) is 0 Å². The Hall–Kier alpha value is -2.82. The van der Waals surface area contributed by atoms with Crippen molar-refractivity contribution < 1.29 is 19.4 Å². The Morgan fingerprint density at radius 2 is 1.81 bits per heavy atom. The van der Waals surface area contributed by atoms with Crippen LogP contribution in [0.15, 0.2) is 48.5 Å². The van der Waals surface area contributed by atoms with Gasteiger partial charge in [-0.25, -0.2) is 9.59 Å². The molecule has 0 radical (unpaired) electrons. The van der Waals surface area contributed by atoms with E-state index in [9.17, 15) is 14.7 Å². The molecule has 2 aromatic carbocycles. The number of carboxylic acids is 1. The predicted octanol–water partition coefficient (Wildman–Crippen LogP) is 3.44. The van der Waals surface area contributed by atoms with Crippen molar-refractivity contribution in [1.29, 1.82) is 0 Å². The van der Waals surface area contributed by atoms with Crippen LogP contribution in [0.1, 0.15) is 21.5 Å². The van der Waals surface area contributed by atoms with Crippen LogP contribution in [0.25, 0.3) is 0 Å². The SMILES string of the molecule is Cc1cccc(NC(=O)OCc2ccccc2)c1C(=O)O. The second-order valence-electron chi connectivity index (χ2n) is 4.49. The van der Waals surface area contributed by atoms with Crippen molar-refractivity contribution >= 4 is 17.7 Å². The molecule has 21 heavy (non-hydrogen) atoms. The number of carbonyl (C=O) groups excluding carboxylic acids is 1. The first-order valence-corrected chi connectivity index (χ1v) is 6.38. The molecule has 2 rings (SSSR count). The standard InChI is InChI=1S/C16H15NO4/c1-11-6-5-9-13(14(11)15(18)19)17-16(20)21-10-12-7-3-2-4-8-12/h2-9H,10H2,1H3,(H,17,20)(H,18,19). The molecule has 0 fully saturated rings. The lowest BCUT2D eigenvalue weighted by atomic mass is 10.1. The molecule has 0 heterocycles. The molecule has 2 N–H and O–H groups in total. The molecule has 5 nitrogen and oxygen atoms in total. The van der Waals surface area contributed by atoms with Crippen molar-refractivity contribution in [2.24, 2.45) is 0 Å². The lowest BCUT2D eigenvalue weighted by Crippen LogP contribution is -2.16. The fourth-order valence-electron chi connectivity index (χ4n) is 1.92. The van der Waals surface area contributed by atoms with Crippen LogP contribution in [0.4, 0.5) is 10.5 Å². The van der Waals surface area contributed by atoms with E-state index in [1.54, 1.807) is 19.1 Å². The summed E-state index contributed by atoms with van der Waals surface area (Å²) in [6.45, 7) is 1.80. The monoisotopic (exact) mass is 285 g/mol. The van der Waals surface area contributed by atoms with Gasteiger partial charge in [0, 0.05) is 0 Å². The van der Waals surface area contributed by atoms with Crippen LogP contribution in [0.2, 0.25) is 0 Å². The zero-order chi connectivity index (χ0) is 15.2. The van der Waals surface area contributed by atoms with Gasteiger partial charge in [0.05, 0.1) is 11.3 Å². The number of benzene rings is 2. The lowest BCUT2D eigenvalue weighted by molar-refractivity contribution is 0.0697. The number of aromatic carboxylic acids is 1. The van der Waals surface area contributed by atoms with Gasteiger partial charge in [0.1, 0.15) is 6.61 Å². The number of nitrogens with one attached hydrogen (secondary N) is 1. The maximum Gasteiger partial charge on any atom is 0.411 e. The van der Waals surface area contributed by atoms with Crippen molar-refractivity contribution in [2.75, 3.05) is 5.32 Å². The van der Waals surface area contributed by atoms with Crippen molar-refractivity contribution in [2.45, 2.75) is 13.5 Å². The van der Waals surface area contributed by atoms with Gasteiger partial charge in [-0.2, -0.15) is 0 Å². The summed E-state index contributed by atoms with van der Waals surface area (Å²) in [7, 11) is 0. The first kappa shape index (κ1) is 14.6. The number of rotatable bonds is 4. The van der Waals surface area contributed by atoms with Gasteiger partial charge < -0.3 is 9.84 Å². The fraction of sp³-hybridized carbons (Fsp3) is 0.125. The average Bonchev–Trinajstić information content (AvgIpc) is 2.46. The van der Waals surface area contributed by atoms with Crippen LogP contribution < -0.4 is 5.32 Å². The molecule has 0 spiro atoms. The molecule has 108 valence electrons. The summed E-state index contributed by atoms with van der Waals surface area (Å²) in [5.74, 6) is -1.09. The Morgan fingerprint density at radius 1 is 1.10 bits per heavy atom. The first-order valence-electron chi connectivity index (χ1n) is 6.38. The third-order valence-corrected chi connectivity index (χ3v) is 2.94. The topological polar surface area (TPSA) is 75.6 Å². The summed E-state index contributed by atoms with van der Waals surface area (Å²) in [6, 6.07) is 14.1. The van der Waals surface area contributed by atoms with Crippen LogP contribution in [0, 0.1) is 6.92 Å². The van der Waals surface area contributed by atoms with Crippen molar-refractivity contribution in [1.82, 2.24) is 0 Å². The van der Waals surface area contributed by atoms with E-state index in [2.05, 4.69) is 5.32 Å². The molecular formula is C16H15NO4. The molecule has 5 heteroatoms. The fourth-order valence-corrected chi connectivity index (χ4v) is 1.92. The first-order chi connectivity index (χ1) is 10.1. The lowest BCUT2D eigenvalue weighted by Gasteiger charge is -2.11. The van der Waals surface area contributed by atoms with E-state index in [1.165, 1.54) is 6.07 Å².